The quantitative estimate of drug-likeness (QED) is 0.673. The van der Waals surface area contributed by atoms with Gasteiger partial charge in [-0.25, -0.2) is 0 Å². The fourth-order valence-corrected chi connectivity index (χ4v) is 2.16. The van der Waals surface area contributed by atoms with Crippen LogP contribution in [0.5, 0.6) is 0 Å². The molecule has 0 aromatic heterocycles. The van der Waals surface area contributed by atoms with Crippen molar-refractivity contribution in [3.63, 3.8) is 0 Å². The molecule has 0 atom stereocenters. The highest BCUT2D eigenvalue weighted by atomic mass is 16.1. The Hall–Kier alpha value is -0.410. The summed E-state index contributed by atoms with van der Waals surface area (Å²) in [5, 5.41) is 0. The largest absolute Gasteiger partial charge is 0.303 e. The van der Waals surface area contributed by atoms with Crippen LogP contribution in [0, 0.1) is 0 Å². The predicted octanol–water partition coefficient (Wildman–Crippen LogP) is 0.991. The topological polar surface area (TPSA) is 23.6 Å². The minimum Gasteiger partial charge on any atom is -0.303 e. The number of ketones is 1. The van der Waals surface area contributed by atoms with E-state index in [1.807, 2.05) is 0 Å². The Balaban J connectivity index is 2.30. The average Bonchev–Trinajstić information content (AvgIpc) is 2.17. The lowest BCUT2D eigenvalue weighted by molar-refractivity contribution is -0.118. The van der Waals surface area contributed by atoms with Crippen molar-refractivity contribution >= 4 is 5.78 Å². The van der Waals surface area contributed by atoms with E-state index in [0.717, 1.165) is 6.54 Å². The number of rotatable bonds is 4. The van der Waals surface area contributed by atoms with E-state index in [2.05, 4.69) is 23.8 Å². The van der Waals surface area contributed by atoms with E-state index < -0.39 is 0 Å². The molecule has 3 heteroatoms. The Morgan fingerprint density at radius 3 is 2.43 bits per heavy atom. The first kappa shape index (κ1) is 11.7. The molecule has 14 heavy (non-hydrogen) atoms. The molecule has 1 rings (SSSR count). The molecule has 0 amide bonds. The summed E-state index contributed by atoms with van der Waals surface area (Å²) >= 11 is 0. The van der Waals surface area contributed by atoms with Crippen LogP contribution in [0.25, 0.3) is 0 Å². The summed E-state index contributed by atoms with van der Waals surface area (Å²) in [5.41, 5.74) is 0. The van der Waals surface area contributed by atoms with Crippen LogP contribution in [0.2, 0.25) is 0 Å². The average molecular weight is 198 g/mol. The van der Waals surface area contributed by atoms with Crippen LogP contribution >= 0.6 is 0 Å². The maximum absolute atomic E-state index is 11.0. The smallest absolute Gasteiger partial charge is 0.143 e. The Kier molecular flexibility index (Phi) is 4.55. The van der Waals surface area contributed by atoms with Gasteiger partial charge in [-0.1, -0.05) is 6.92 Å². The molecule has 0 aliphatic carbocycles. The number of likely N-dealkylation sites (N-methyl/N-ethyl adjacent to an activating group) is 1. The van der Waals surface area contributed by atoms with Gasteiger partial charge in [0.1, 0.15) is 5.78 Å². The van der Waals surface area contributed by atoms with Crippen LogP contribution in [0.4, 0.5) is 0 Å². The lowest BCUT2D eigenvalue weighted by Crippen LogP contribution is -2.44. The standard InChI is InChI=1S/C11H22N2O/c1-4-13-7-5-11(6-8-13)12(3)9-10(2)14/h11H,4-9H2,1-3H3. The molecule has 1 fully saturated rings. The lowest BCUT2D eigenvalue weighted by Gasteiger charge is -2.35. The highest BCUT2D eigenvalue weighted by molar-refractivity contribution is 5.77. The molecule has 0 radical (unpaired) electrons. The Morgan fingerprint density at radius 2 is 2.00 bits per heavy atom. The zero-order valence-electron chi connectivity index (χ0n) is 9.62. The van der Waals surface area contributed by atoms with E-state index in [-0.39, 0.29) is 5.78 Å². The van der Waals surface area contributed by atoms with Crippen molar-refractivity contribution in [2.45, 2.75) is 32.7 Å². The molecule has 0 N–H and O–H groups in total. The maximum atomic E-state index is 11.0. The molecule has 0 saturated carbocycles. The number of carbonyl (C=O) groups is 1. The highest BCUT2D eigenvalue weighted by Gasteiger charge is 2.21. The van der Waals surface area contributed by atoms with Crippen molar-refractivity contribution in [1.82, 2.24) is 9.80 Å². The van der Waals surface area contributed by atoms with E-state index in [0.29, 0.717) is 12.6 Å². The number of piperidine rings is 1. The van der Waals surface area contributed by atoms with Gasteiger partial charge in [0.25, 0.3) is 0 Å². The second kappa shape index (κ2) is 5.47. The molecule has 0 bridgehead atoms. The van der Waals surface area contributed by atoms with E-state index >= 15 is 0 Å². The minimum atomic E-state index is 0.269. The van der Waals surface area contributed by atoms with Crippen LogP contribution in [-0.2, 0) is 4.79 Å². The third kappa shape index (κ3) is 3.39. The monoisotopic (exact) mass is 198 g/mol. The van der Waals surface area contributed by atoms with Crippen LogP contribution in [-0.4, -0.2) is 54.9 Å². The summed E-state index contributed by atoms with van der Waals surface area (Å²) in [6.45, 7) is 8.00. The van der Waals surface area contributed by atoms with Crippen molar-refractivity contribution < 1.29 is 4.79 Å². The van der Waals surface area contributed by atoms with Gasteiger partial charge >= 0.3 is 0 Å². The first-order valence-electron chi connectivity index (χ1n) is 5.55. The van der Waals surface area contributed by atoms with Gasteiger partial charge in [0.2, 0.25) is 0 Å². The predicted molar refractivity (Wildman–Crippen MR) is 58.4 cm³/mol. The first-order chi connectivity index (χ1) is 6.63. The highest BCUT2D eigenvalue weighted by Crippen LogP contribution is 2.14. The van der Waals surface area contributed by atoms with Crippen molar-refractivity contribution in [3.8, 4) is 0 Å². The summed E-state index contributed by atoms with van der Waals surface area (Å²) in [5.74, 6) is 0.269. The molecule has 3 nitrogen and oxygen atoms in total. The number of Topliss-reactive ketones (excluding diaryl/α,β-unsaturated/α-hetero) is 1. The Bertz CT molecular complexity index is 186. The van der Waals surface area contributed by atoms with Crippen molar-refractivity contribution in [3.05, 3.63) is 0 Å². The zero-order chi connectivity index (χ0) is 10.6. The van der Waals surface area contributed by atoms with E-state index in [1.54, 1.807) is 6.92 Å². The molecule has 1 saturated heterocycles. The Morgan fingerprint density at radius 1 is 1.43 bits per heavy atom. The van der Waals surface area contributed by atoms with Gasteiger partial charge in [-0.05, 0) is 46.4 Å². The van der Waals surface area contributed by atoms with E-state index in [9.17, 15) is 4.79 Å². The first-order valence-corrected chi connectivity index (χ1v) is 5.55. The summed E-state index contributed by atoms with van der Waals surface area (Å²) < 4.78 is 0. The molecule has 0 unspecified atom stereocenters. The third-order valence-electron chi connectivity index (χ3n) is 3.10. The van der Waals surface area contributed by atoms with Crippen LogP contribution in [0.1, 0.15) is 26.7 Å². The van der Waals surface area contributed by atoms with Crippen molar-refractivity contribution in [1.29, 1.82) is 0 Å². The molecule has 0 spiro atoms. The third-order valence-corrected chi connectivity index (χ3v) is 3.10. The number of nitrogens with zero attached hydrogens (tertiary/aromatic N) is 2. The van der Waals surface area contributed by atoms with Gasteiger partial charge in [0, 0.05) is 6.04 Å². The molecule has 0 aromatic carbocycles. The molecule has 1 aliphatic rings. The zero-order valence-corrected chi connectivity index (χ0v) is 9.62. The minimum absolute atomic E-state index is 0.269. The number of hydrogen-bond acceptors (Lipinski definition) is 3. The van der Waals surface area contributed by atoms with Crippen molar-refractivity contribution in [2.75, 3.05) is 33.2 Å². The molecular weight excluding hydrogens is 176 g/mol. The SMILES string of the molecule is CCN1CCC(N(C)CC(C)=O)CC1. The number of likely N-dealkylation sites (tertiary alicyclic amines) is 1. The van der Waals surface area contributed by atoms with Gasteiger partial charge in [-0.3, -0.25) is 9.69 Å². The summed E-state index contributed by atoms with van der Waals surface area (Å²) in [7, 11) is 2.06. The Labute approximate surface area is 87.1 Å². The van der Waals surface area contributed by atoms with Crippen LogP contribution in [0.15, 0.2) is 0 Å². The summed E-state index contributed by atoms with van der Waals surface area (Å²) in [4.78, 5) is 15.6. The normalized spacial score (nSPS) is 20.3. The van der Waals surface area contributed by atoms with Crippen molar-refractivity contribution in [2.24, 2.45) is 0 Å². The van der Waals surface area contributed by atoms with Gasteiger partial charge < -0.3 is 4.90 Å². The van der Waals surface area contributed by atoms with Gasteiger partial charge in [0.05, 0.1) is 6.54 Å². The lowest BCUT2D eigenvalue weighted by atomic mass is 10.0. The van der Waals surface area contributed by atoms with Crippen LogP contribution < -0.4 is 0 Å². The fourth-order valence-electron chi connectivity index (χ4n) is 2.16. The fraction of sp³-hybridized carbons (Fsp3) is 0.909. The van der Waals surface area contributed by atoms with E-state index in [1.165, 1.54) is 25.9 Å². The van der Waals surface area contributed by atoms with Crippen LogP contribution in [0.3, 0.4) is 0 Å². The molecule has 82 valence electrons. The number of hydrogen-bond donors (Lipinski definition) is 0. The van der Waals surface area contributed by atoms with Gasteiger partial charge in [0.15, 0.2) is 0 Å². The van der Waals surface area contributed by atoms with E-state index in [4.69, 9.17) is 0 Å². The maximum Gasteiger partial charge on any atom is 0.143 e. The number of carbonyl (C=O) groups excluding carboxylic acids is 1. The van der Waals surface area contributed by atoms with Gasteiger partial charge in [-0.15, -0.1) is 0 Å². The summed E-state index contributed by atoms with van der Waals surface area (Å²) in [6, 6.07) is 0.613. The summed E-state index contributed by atoms with van der Waals surface area (Å²) in [6.07, 6.45) is 2.41. The second-order valence-electron chi connectivity index (χ2n) is 4.28. The second-order valence-corrected chi connectivity index (χ2v) is 4.28. The molecule has 1 heterocycles. The molecule has 1 aliphatic heterocycles. The molecular formula is C11H22N2O. The van der Waals surface area contributed by atoms with Gasteiger partial charge in [-0.2, -0.15) is 0 Å². The molecule has 0 aromatic rings.